The van der Waals surface area contributed by atoms with Crippen LogP contribution in [0.15, 0.2) is 24.3 Å². The predicted molar refractivity (Wildman–Crippen MR) is 102 cm³/mol. The number of ketones is 1. The number of nitrogens with one attached hydrogen (secondary N) is 1. The van der Waals surface area contributed by atoms with Gasteiger partial charge in [0.1, 0.15) is 0 Å². The molecule has 0 aliphatic heterocycles. The third-order valence-corrected chi connectivity index (χ3v) is 5.97. The number of aryl methyl sites for hydroxylation is 1. The van der Waals surface area contributed by atoms with Crippen molar-refractivity contribution in [3.8, 4) is 0 Å². The molecule has 0 heterocycles. The summed E-state index contributed by atoms with van der Waals surface area (Å²) in [5.41, 5.74) is 1.68. The number of Topliss-reactive ketones (excluding diaryl/α,β-unsaturated/α-hetero) is 1. The Bertz CT molecular complexity index is 682. The summed E-state index contributed by atoms with van der Waals surface area (Å²) in [5, 5.41) is 2.77. The molecule has 1 amide bonds. The molecule has 0 radical (unpaired) electrons. The van der Waals surface area contributed by atoms with Crippen molar-refractivity contribution in [1.29, 1.82) is 0 Å². The van der Waals surface area contributed by atoms with Gasteiger partial charge in [-0.1, -0.05) is 30.7 Å². The maximum atomic E-state index is 12.2. The number of ether oxygens (including phenoxy) is 1. The van der Waals surface area contributed by atoms with Crippen molar-refractivity contribution in [1.82, 2.24) is 5.32 Å². The summed E-state index contributed by atoms with van der Waals surface area (Å²) in [6.07, 6.45) is 7.14. The summed E-state index contributed by atoms with van der Waals surface area (Å²) in [7, 11) is 0. The Morgan fingerprint density at radius 2 is 1.89 bits per heavy atom. The van der Waals surface area contributed by atoms with Gasteiger partial charge in [-0.2, -0.15) is 0 Å². The first-order valence-corrected chi connectivity index (χ1v) is 10.0. The highest BCUT2D eigenvalue weighted by molar-refractivity contribution is 5.97. The summed E-state index contributed by atoms with van der Waals surface area (Å²) in [6, 6.07) is 7.38. The Morgan fingerprint density at radius 1 is 1.11 bits per heavy atom. The smallest absolute Gasteiger partial charge is 0.306 e. The molecular weight excluding hydrogens is 342 g/mol. The summed E-state index contributed by atoms with van der Waals surface area (Å²) in [6.45, 7) is 1.97. The fourth-order valence-electron chi connectivity index (χ4n) is 4.54. The van der Waals surface area contributed by atoms with Crippen LogP contribution < -0.4 is 5.32 Å². The van der Waals surface area contributed by atoms with Crippen molar-refractivity contribution < 1.29 is 19.1 Å². The van der Waals surface area contributed by atoms with Crippen LogP contribution in [0.1, 0.15) is 61.4 Å². The normalized spacial score (nSPS) is 23.2. The minimum Gasteiger partial charge on any atom is -0.457 e. The van der Waals surface area contributed by atoms with Gasteiger partial charge in [-0.3, -0.25) is 14.4 Å². The topological polar surface area (TPSA) is 72.5 Å². The van der Waals surface area contributed by atoms with E-state index in [4.69, 9.17) is 4.74 Å². The number of hydrogen-bond donors (Lipinski definition) is 1. The fourth-order valence-corrected chi connectivity index (χ4v) is 4.54. The molecule has 5 heteroatoms. The second kappa shape index (κ2) is 9.16. The number of rotatable bonds is 9. The van der Waals surface area contributed by atoms with Crippen molar-refractivity contribution >= 4 is 17.7 Å². The van der Waals surface area contributed by atoms with E-state index >= 15 is 0 Å². The molecule has 2 fully saturated rings. The van der Waals surface area contributed by atoms with E-state index in [2.05, 4.69) is 5.32 Å². The number of esters is 1. The van der Waals surface area contributed by atoms with E-state index in [0.29, 0.717) is 30.4 Å². The van der Waals surface area contributed by atoms with Crippen LogP contribution in [0.5, 0.6) is 0 Å². The summed E-state index contributed by atoms with van der Waals surface area (Å²) >= 11 is 0. The molecule has 2 aliphatic rings. The van der Waals surface area contributed by atoms with Crippen LogP contribution in [0, 0.1) is 17.8 Å². The quantitative estimate of drug-likeness (QED) is 0.411. The van der Waals surface area contributed by atoms with Crippen LogP contribution in [-0.4, -0.2) is 30.8 Å². The molecule has 2 bridgehead atoms. The van der Waals surface area contributed by atoms with E-state index in [1.54, 1.807) is 12.1 Å². The molecule has 2 aliphatic carbocycles. The Balaban J connectivity index is 1.37. The van der Waals surface area contributed by atoms with Crippen LogP contribution in [0.4, 0.5) is 0 Å². The molecule has 2 saturated carbocycles. The minimum atomic E-state index is -0.240. The minimum absolute atomic E-state index is 0.0223. The third-order valence-electron chi connectivity index (χ3n) is 5.97. The number of benzene rings is 1. The maximum Gasteiger partial charge on any atom is 0.306 e. The van der Waals surface area contributed by atoms with Gasteiger partial charge in [0.15, 0.2) is 12.4 Å². The van der Waals surface area contributed by atoms with E-state index in [9.17, 15) is 14.4 Å². The zero-order valence-corrected chi connectivity index (χ0v) is 16.0. The molecule has 1 aromatic rings. The van der Waals surface area contributed by atoms with Crippen molar-refractivity contribution in [2.24, 2.45) is 17.8 Å². The first-order valence-electron chi connectivity index (χ1n) is 10.0. The molecule has 1 N–H and O–H groups in total. The Morgan fingerprint density at radius 3 is 2.52 bits per heavy atom. The number of carbonyl (C=O) groups is 3. The van der Waals surface area contributed by atoms with Crippen molar-refractivity contribution in [2.45, 2.75) is 51.9 Å². The lowest BCUT2D eigenvalue weighted by atomic mass is 9.86. The first-order chi connectivity index (χ1) is 13.0. The summed E-state index contributed by atoms with van der Waals surface area (Å²) in [5.74, 6) is 1.54. The van der Waals surface area contributed by atoms with Crippen molar-refractivity contribution in [3.05, 3.63) is 35.4 Å². The Kier molecular flexibility index (Phi) is 6.64. The molecule has 0 aromatic heterocycles. The Labute approximate surface area is 160 Å². The molecule has 27 heavy (non-hydrogen) atoms. The van der Waals surface area contributed by atoms with Gasteiger partial charge in [0, 0.05) is 25.5 Å². The second-order valence-electron chi connectivity index (χ2n) is 8.01. The van der Waals surface area contributed by atoms with E-state index in [1.807, 2.05) is 12.1 Å². The lowest BCUT2D eigenvalue weighted by Gasteiger charge is -2.20. The van der Waals surface area contributed by atoms with Gasteiger partial charge < -0.3 is 10.1 Å². The molecule has 5 nitrogen and oxygen atoms in total. The van der Waals surface area contributed by atoms with E-state index in [-0.39, 0.29) is 24.3 Å². The predicted octanol–water partition coefficient (Wildman–Crippen LogP) is 3.31. The molecule has 0 saturated heterocycles. The van der Waals surface area contributed by atoms with Crippen molar-refractivity contribution in [2.75, 3.05) is 13.2 Å². The summed E-state index contributed by atoms with van der Waals surface area (Å²) < 4.78 is 5.23. The van der Waals surface area contributed by atoms with Crippen LogP contribution in [0.3, 0.4) is 0 Å². The highest BCUT2D eigenvalue weighted by Crippen LogP contribution is 2.49. The average molecular weight is 371 g/mol. The molecular formula is C22H29NO4. The van der Waals surface area contributed by atoms with Crippen LogP contribution in [0.2, 0.25) is 0 Å². The third kappa shape index (κ3) is 5.65. The number of hydrogen-bond acceptors (Lipinski definition) is 4. The average Bonchev–Trinajstić information content (AvgIpc) is 3.26. The van der Waals surface area contributed by atoms with Crippen LogP contribution in [-0.2, 0) is 20.7 Å². The largest absolute Gasteiger partial charge is 0.457 e. The monoisotopic (exact) mass is 371 g/mol. The van der Waals surface area contributed by atoms with Crippen LogP contribution in [0.25, 0.3) is 0 Å². The SMILES string of the molecule is CC(=O)NCCCc1ccc(C(=O)COC(=O)C[C@H]2C[C@H]3CC[C@H]2C3)cc1. The molecule has 146 valence electrons. The summed E-state index contributed by atoms with van der Waals surface area (Å²) in [4.78, 5) is 35.1. The van der Waals surface area contributed by atoms with E-state index in [0.717, 1.165) is 30.7 Å². The second-order valence-corrected chi connectivity index (χ2v) is 8.01. The standard InChI is InChI=1S/C22H29NO4/c1-15(24)23-10-2-3-16-4-7-18(8-5-16)21(25)14-27-22(26)13-20-12-17-6-9-19(20)11-17/h4-5,7-8,17,19-20H,2-3,6,9-14H2,1H3,(H,23,24)/t17-,19-,20+/m0/s1. The fraction of sp³-hybridized carbons (Fsp3) is 0.591. The lowest BCUT2D eigenvalue weighted by Crippen LogP contribution is -2.21. The van der Waals surface area contributed by atoms with Gasteiger partial charge >= 0.3 is 5.97 Å². The van der Waals surface area contributed by atoms with Gasteiger partial charge in [-0.25, -0.2) is 0 Å². The zero-order valence-electron chi connectivity index (χ0n) is 16.0. The number of fused-ring (bicyclic) bond motifs is 2. The lowest BCUT2D eigenvalue weighted by molar-refractivity contribution is -0.144. The van der Waals surface area contributed by atoms with E-state index < -0.39 is 0 Å². The van der Waals surface area contributed by atoms with Gasteiger partial charge in [0.05, 0.1) is 0 Å². The number of carbonyl (C=O) groups excluding carboxylic acids is 3. The molecule has 0 unspecified atom stereocenters. The van der Waals surface area contributed by atoms with E-state index in [1.165, 1.54) is 26.2 Å². The van der Waals surface area contributed by atoms with Crippen LogP contribution >= 0.6 is 0 Å². The first kappa shape index (κ1) is 19.6. The van der Waals surface area contributed by atoms with Gasteiger partial charge in [0.2, 0.25) is 5.91 Å². The molecule has 3 atom stereocenters. The number of amides is 1. The van der Waals surface area contributed by atoms with Gasteiger partial charge in [0.25, 0.3) is 0 Å². The molecule has 1 aromatic carbocycles. The zero-order chi connectivity index (χ0) is 19.2. The molecule has 0 spiro atoms. The van der Waals surface area contributed by atoms with Crippen molar-refractivity contribution in [3.63, 3.8) is 0 Å². The maximum absolute atomic E-state index is 12.2. The highest BCUT2D eigenvalue weighted by Gasteiger charge is 2.40. The van der Waals surface area contributed by atoms with Gasteiger partial charge in [-0.15, -0.1) is 0 Å². The Hall–Kier alpha value is -2.17. The highest BCUT2D eigenvalue weighted by atomic mass is 16.5. The molecule has 3 rings (SSSR count). The van der Waals surface area contributed by atoms with Gasteiger partial charge in [-0.05, 0) is 55.4 Å².